The van der Waals surface area contributed by atoms with Crippen LogP contribution in [-0.2, 0) is 0 Å². The van der Waals surface area contributed by atoms with Crippen LogP contribution >= 0.6 is 22.6 Å². The highest BCUT2D eigenvalue weighted by Gasteiger charge is 2.23. The van der Waals surface area contributed by atoms with Gasteiger partial charge in [-0.15, -0.1) is 10.2 Å². The zero-order valence-corrected chi connectivity index (χ0v) is 12.7. The van der Waals surface area contributed by atoms with E-state index in [9.17, 15) is 5.11 Å². The molecule has 1 unspecified atom stereocenters. The Hall–Kier alpha value is -1.41. The standard InChI is InChI=1S/C13H13IN2O3/c1-18-12-9(10(14)13(19-2)16-15-12)11(17)8-6-4-3-5-7-8/h3-7,11,17H,1-2H3. The van der Waals surface area contributed by atoms with Crippen molar-refractivity contribution < 1.29 is 14.6 Å². The fraction of sp³-hybridized carbons (Fsp3) is 0.231. The fourth-order valence-corrected chi connectivity index (χ4v) is 2.57. The quantitative estimate of drug-likeness (QED) is 0.834. The Morgan fingerprint density at radius 2 is 1.63 bits per heavy atom. The predicted molar refractivity (Wildman–Crippen MR) is 78.4 cm³/mol. The van der Waals surface area contributed by atoms with Crippen LogP contribution in [0.2, 0.25) is 0 Å². The smallest absolute Gasteiger partial charge is 0.247 e. The molecule has 1 atom stereocenters. The number of hydrogen-bond donors (Lipinski definition) is 1. The van der Waals surface area contributed by atoms with Crippen molar-refractivity contribution in [3.8, 4) is 11.8 Å². The lowest BCUT2D eigenvalue weighted by Crippen LogP contribution is -2.09. The maximum atomic E-state index is 10.5. The molecule has 0 aliphatic carbocycles. The summed E-state index contributed by atoms with van der Waals surface area (Å²) in [5.74, 6) is 0.660. The van der Waals surface area contributed by atoms with Gasteiger partial charge in [-0.05, 0) is 28.2 Å². The molecule has 5 nitrogen and oxygen atoms in total. The number of benzene rings is 1. The summed E-state index contributed by atoms with van der Waals surface area (Å²) in [5, 5.41) is 18.3. The molecule has 0 bridgehead atoms. The normalized spacial score (nSPS) is 12.0. The number of halogens is 1. The van der Waals surface area contributed by atoms with Crippen molar-refractivity contribution in [2.45, 2.75) is 6.10 Å². The van der Waals surface area contributed by atoms with Gasteiger partial charge in [0.15, 0.2) is 0 Å². The highest BCUT2D eigenvalue weighted by atomic mass is 127. The molecule has 100 valence electrons. The number of aliphatic hydroxyl groups is 1. The molecular formula is C13H13IN2O3. The molecule has 1 heterocycles. The highest BCUT2D eigenvalue weighted by molar-refractivity contribution is 14.1. The van der Waals surface area contributed by atoms with E-state index in [0.29, 0.717) is 20.9 Å². The van der Waals surface area contributed by atoms with Gasteiger partial charge in [0.2, 0.25) is 11.8 Å². The van der Waals surface area contributed by atoms with Crippen LogP contribution in [0.25, 0.3) is 0 Å². The van der Waals surface area contributed by atoms with Gasteiger partial charge >= 0.3 is 0 Å². The third-order valence-corrected chi connectivity index (χ3v) is 3.70. The van der Waals surface area contributed by atoms with E-state index in [2.05, 4.69) is 32.8 Å². The van der Waals surface area contributed by atoms with Crippen molar-refractivity contribution in [2.24, 2.45) is 0 Å². The molecule has 0 aliphatic heterocycles. The van der Waals surface area contributed by atoms with Gasteiger partial charge in [-0.2, -0.15) is 0 Å². The second-order valence-electron chi connectivity index (χ2n) is 3.76. The molecule has 0 saturated carbocycles. The van der Waals surface area contributed by atoms with E-state index < -0.39 is 6.10 Å². The summed E-state index contributed by atoms with van der Waals surface area (Å²) >= 11 is 2.06. The molecule has 2 aromatic rings. The first kappa shape index (κ1) is 14.0. The number of hydrogen-bond acceptors (Lipinski definition) is 5. The number of aliphatic hydroxyl groups excluding tert-OH is 1. The van der Waals surface area contributed by atoms with Gasteiger partial charge in [0, 0.05) is 0 Å². The van der Waals surface area contributed by atoms with Crippen LogP contribution in [0, 0.1) is 3.57 Å². The van der Waals surface area contributed by atoms with Crippen LogP contribution in [-0.4, -0.2) is 29.5 Å². The zero-order chi connectivity index (χ0) is 13.8. The summed E-state index contributed by atoms with van der Waals surface area (Å²) in [6, 6.07) is 9.30. The Balaban J connectivity index is 2.54. The number of rotatable bonds is 4. The molecule has 0 aliphatic rings. The van der Waals surface area contributed by atoms with Crippen LogP contribution in [0.3, 0.4) is 0 Å². The third kappa shape index (κ3) is 2.79. The molecular weight excluding hydrogens is 359 g/mol. The Morgan fingerprint density at radius 1 is 1.05 bits per heavy atom. The van der Waals surface area contributed by atoms with Crippen LogP contribution in [0.1, 0.15) is 17.2 Å². The van der Waals surface area contributed by atoms with Gasteiger partial charge in [-0.1, -0.05) is 30.3 Å². The van der Waals surface area contributed by atoms with E-state index in [4.69, 9.17) is 9.47 Å². The molecule has 0 amide bonds. The fourth-order valence-electron chi connectivity index (χ4n) is 1.72. The van der Waals surface area contributed by atoms with Crippen LogP contribution < -0.4 is 9.47 Å². The highest BCUT2D eigenvalue weighted by Crippen LogP contribution is 2.35. The molecule has 1 aromatic carbocycles. The van der Waals surface area contributed by atoms with Crippen LogP contribution in [0.5, 0.6) is 11.8 Å². The van der Waals surface area contributed by atoms with Crippen molar-refractivity contribution in [1.29, 1.82) is 0 Å². The number of ether oxygens (including phenoxy) is 2. The summed E-state index contributed by atoms with van der Waals surface area (Å²) in [6.45, 7) is 0. The van der Waals surface area contributed by atoms with Gasteiger partial charge in [-0.25, -0.2) is 0 Å². The van der Waals surface area contributed by atoms with E-state index in [0.717, 1.165) is 5.56 Å². The van der Waals surface area contributed by atoms with E-state index in [1.807, 2.05) is 30.3 Å². The van der Waals surface area contributed by atoms with Crippen molar-refractivity contribution in [2.75, 3.05) is 14.2 Å². The minimum Gasteiger partial charge on any atom is -0.480 e. The van der Waals surface area contributed by atoms with Crippen molar-refractivity contribution in [3.63, 3.8) is 0 Å². The maximum absolute atomic E-state index is 10.5. The van der Waals surface area contributed by atoms with Crippen molar-refractivity contribution in [1.82, 2.24) is 10.2 Å². The van der Waals surface area contributed by atoms with E-state index >= 15 is 0 Å². The van der Waals surface area contributed by atoms with E-state index in [1.165, 1.54) is 14.2 Å². The maximum Gasteiger partial charge on any atom is 0.247 e. The SMILES string of the molecule is COc1nnc(OC)c(C(O)c2ccccc2)c1I. The van der Waals surface area contributed by atoms with Gasteiger partial charge in [0.05, 0.1) is 23.4 Å². The van der Waals surface area contributed by atoms with E-state index in [-0.39, 0.29) is 0 Å². The monoisotopic (exact) mass is 372 g/mol. The van der Waals surface area contributed by atoms with Gasteiger partial charge in [-0.3, -0.25) is 0 Å². The van der Waals surface area contributed by atoms with Crippen LogP contribution in [0.4, 0.5) is 0 Å². The Morgan fingerprint density at radius 3 is 2.21 bits per heavy atom. The van der Waals surface area contributed by atoms with Gasteiger partial charge in [0.1, 0.15) is 6.10 Å². The average molecular weight is 372 g/mol. The molecule has 0 saturated heterocycles. The number of aromatic nitrogens is 2. The Kier molecular flexibility index (Phi) is 4.54. The minimum absolute atomic E-state index is 0.293. The lowest BCUT2D eigenvalue weighted by atomic mass is 10.0. The number of methoxy groups -OCH3 is 2. The first-order chi connectivity index (χ1) is 9.19. The average Bonchev–Trinajstić information content (AvgIpc) is 2.47. The zero-order valence-electron chi connectivity index (χ0n) is 10.5. The molecule has 6 heteroatoms. The first-order valence-corrected chi connectivity index (χ1v) is 6.64. The van der Waals surface area contributed by atoms with Gasteiger partial charge < -0.3 is 14.6 Å². The predicted octanol–water partition coefficient (Wildman–Crippen LogP) is 2.18. The summed E-state index contributed by atoms with van der Waals surface area (Å²) in [5.41, 5.74) is 1.31. The molecule has 0 radical (unpaired) electrons. The van der Waals surface area contributed by atoms with Gasteiger partial charge in [0.25, 0.3) is 0 Å². The molecule has 1 N–H and O–H groups in total. The second-order valence-corrected chi connectivity index (χ2v) is 4.84. The minimum atomic E-state index is -0.840. The lowest BCUT2D eigenvalue weighted by Gasteiger charge is -2.16. The van der Waals surface area contributed by atoms with Crippen molar-refractivity contribution in [3.05, 3.63) is 45.0 Å². The molecule has 0 fully saturated rings. The topological polar surface area (TPSA) is 64.5 Å². The summed E-state index contributed by atoms with van der Waals surface area (Å²) in [6.07, 6.45) is -0.840. The molecule has 2 rings (SSSR count). The Labute approximate surface area is 124 Å². The molecule has 0 spiro atoms. The first-order valence-electron chi connectivity index (χ1n) is 5.56. The summed E-state index contributed by atoms with van der Waals surface area (Å²) < 4.78 is 11.0. The lowest BCUT2D eigenvalue weighted by molar-refractivity contribution is 0.210. The van der Waals surface area contributed by atoms with Crippen molar-refractivity contribution >= 4 is 22.6 Å². The Bertz CT molecular complexity index is 563. The second kappa shape index (κ2) is 6.16. The van der Waals surface area contributed by atoms with Crippen LogP contribution in [0.15, 0.2) is 30.3 Å². The third-order valence-electron chi connectivity index (χ3n) is 2.66. The summed E-state index contributed by atoms with van der Waals surface area (Å²) in [7, 11) is 3.01. The number of nitrogens with zero attached hydrogens (tertiary/aromatic N) is 2. The molecule has 19 heavy (non-hydrogen) atoms. The van der Waals surface area contributed by atoms with E-state index in [1.54, 1.807) is 0 Å². The summed E-state index contributed by atoms with van der Waals surface area (Å²) in [4.78, 5) is 0. The largest absolute Gasteiger partial charge is 0.480 e. The molecule has 1 aromatic heterocycles.